The van der Waals surface area contributed by atoms with E-state index in [1.165, 1.54) is 12.8 Å². The highest BCUT2D eigenvalue weighted by Crippen LogP contribution is 2.34. The van der Waals surface area contributed by atoms with Gasteiger partial charge in [-0.2, -0.15) is 0 Å². The van der Waals surface area contributed by atoms with Gasteiger partial charge in [-0.3, -0.25) is 4.79 Å². The number of carbonyl (C=O) groups excluding carboxylic acids is 1. The van der Waals surface area contributed by atoms with E-state index in [0.29, 0.717) is 37.0 Å². The van der Waals surface area contributed by atoms with Gasteiger partial charge in [0.05, 0.1) is 6.10 Å². The molecule has 4 nitrogen and oxygen atoms in total. The van der Waals surface area contributed by atoms with Gasteiger partial charge in [-0.1, -0.05) is 32.6 Å². The molecule has 1 aliphatic carbocycles. The fourth-order valence-corrected chi connectivity index (χ4v) is 3.05. The summed E-state index contributed by atoms with van der Waals surface area (Å²) in [6, 6.07) is 0. The van der Waals surface area contributed by atoms with Crippen LogP contribution < -0.4 is 0 Å². The first-order chi connectivity index (χ1) is 9.63. The van der Waals surface area contributed by atoms with Crippen LogP contribution in [0.3, 0.4) is 0 Å². The van der Waals surface area contributed by atoms with Crippen LogP contribution in [-0.4, -0.2) is 34.3 Å². The Morgan fingerprint density at radius 1 is 1.25 bits per heavy atom. The summed E-state index contributed by atoms with van der Waals surface area (Å²) in [6.07, 6.45) is 6.22. The Morgan fingerprint density at radius 2 is 2.05 bits per heavy atom. The number of ketones is 1. The zero-order valence-electron chi connectivity index (χ0n) is 12.3. The molecule has 3 atom stereocenters. The molecule has 114 valence electrons. The highest BCUT2D eigenvalue weighted by Gasteiger charge is 2.35. The van der Waals surface area contributed by atoms with Gasteiger partial charge in [0.1, 0.15) is 18.0 Å². The molecule has 4 heteroatoms. The number of hydrogen-bond donors (Lipinski definition) is 2. The lowest BCUT2D eigenvalue weighted by Gasteiger charge is -2.34. The van der Waals surface area contributed by atoms with Gasteiger partial charge >= 0.3 is 0 Å². The van der Waals surface area contributed by atoms with Crippen LogP contribution in [0.2, 0.25) is 0 Å². The minimum absolute atomic E-state index is 0.179. The maximum atomic E-state index is 11.8. The average Bonchev–Trinajstić information content (AvgIpc) is 2.47. The molecule has 2 aliphatic rings. The molecule has 0 radical (unpaired) electrons. The first kappa shape index (κ1) is 15.5. The monoisotopic (exact) mass is 282 g/mol. The Kier molecular flexibility index (Phi) is 5.61. The first-order valence-electron chi connectivity index (χ1n) is 7.92. The molecule has 0 bridgehead atoms. The molecule has 0 saturated carbocycles. The van der Waals surface area contributed by atoms with Crippen LogP contribution in [-0.2, 0) is 9.53 Å². The Bertz CT molecular complexity index is 375. The number of aliphatic hydroxyl groups is 2. The Labute approximate surface area is 120 Å². The Hall–Kier alpha value is -0.870. The van der Waals surface area contributed by atoms with Crippen molar-refractivity contribution < 1.29 is 19.7 Å². The van der Waals surface area contributed by atoms with Crippen molar-refractivity contribution in [2.75, 3.05) is 0 Å². The van der Waals surface area contributed by atoms with Crippen molar-refractivity contribution >= 4 is 5.78 Å². The second-order valence-corrected chi connectivity index (χ2v) is 5.93. The lowest BCUT2D eigenvalue weighted by Crippen LogP contribution is -2.37. The van der Waals surface area contributed by atoms with E-state index in [2.05, 4.69) is 6.92 Å². The van der Waals surface area contributed by atoms with E-state index in [1.54, 1.807) is 0 Å². The zero-order valence-corrected chi connectivity index (χ0v) is 12.3. The Morgan fingerprint density at radius 3 is 2.80 bits per heavy atom. The fraction of sp³-hybridized carbons (Fsp3) is 0.812. The molecule has 2 N–H and O–H groups in total. The number of Topliss-reactive ketones (excluding diaryl/α,β-unsaturated/α-hetero) is 1. The molecule has 0 aromatic rings. The van der Waals surface area contributed by atoms with Gasteiger partial charge in [0.15, 0.2) is 5.78 Å². The number of aliphatic hydroxyl groups excluding tert-OH is 2. The number of carbonyl (C=O) groups is 1. The van der Waals surface area contributed by atoms with E-state index in [9.17, 15) is 15.0 Å². The first-order valence-corrected chi connectivity index (χ1v) is 7.92. The van der Waals surface area contributed by atoms with Crippen molar-refractivity contribution in [3.05, 3.63) is 11.3 Å². The molecule has 2 rings (SSSR count). The summed E-state index contributed by atoms with van der Waals surface area (Å²) in [4.78, 5) is 11.8. The quantitative estimate of drug-likeness (QED) is 0.734. The topological polar surface area (TPSA) is 66.8 Å². The molecule has 0 unspecified atom stereocenters. The normalized spacial score (nSPS) is 28.1. The van der Waals surface area contributed by atoms with Crippen LogP contribution >= 0.6 is 0 Å². The van der Waals surface area contributed by atoms with E-state index in [-0.39, 0.29) is 11.9 Å². The molecule has 1 aliphatic heterocycles. The molecule has 0 spiro atoms. The minimum Gasteiger partial charge on any atom is -0.492 e. The highest BCUT2D eigenvalue weighted by molar-refractivity contribution is 6.00. The smallest absolute Gasteiger partial charge is 0.190 e. The third-order valence-corrected chi connectivity index (χ3v) is 4.34. The molecule has 0 saturated heterocycles. The second kappa shape index (κ2) is 7.23. The number of hydrogen-bond acceptors (Lipinski definition) is 4. The van der Waals surface area contributed by atoms with E-state index >= 15 is 0 Å². The molecular weight excluding hydrogens is 256 g/mol. The largest absolute Gasteiger partial charge is 0.492 e. The molecule has 20 heavy (non-hydrogen) atoms. The maximum Gasteiger partial charge on any atom is 0.190 e. The van der Waals surface area contributed by atoms with Gasteiger partial charge in [-0.05, 0) is 25.7 Å². The molecular formula is C16H26O4. The van der Waals surface area contributed by atoms with Gasteiger partial charge in [0.2, 0.25) is 0 Å². The predicted molar refractivity (Wildman–Crippen MR) is 76.1 cm³/mol. The summed E-state index contributed by atoms with van der Waals surface area (Å²) >= 11 is 0. The SMILES string of the molecule is CCCCCC[C@H](O)[C@@H]1CCC2=C(CC[C@H](O)C2=O)O1. The third-order valence-electron chi connectivity index (χ3n) is 4.34. The summed E-state index contributed by atoms with van der Waals surface area (Å²) in [7, 11) is 0. The average molecular weight is 282 g/mol. The summed E-state index contributed by atoms with van der Waals surface area (Å²) < 4.78 is 5.83. The number of allylic oxidation sites excluding steroid dienone is 1. The Balaban J connectivity index is 1.85. The van der Waals surface area contributed by atoms with Gasteiger partial charge in [0.25, 0.3) is 0 Å². The van der Waals surface area contributed by atoms with Crippen molar-refractivity contribution in [3.63, 3.8) is 0 Å². The predicted octanol–water partition coefficient (Wildman–Crippen LogP) is 2.47. The number of unbranched alkanes of at least 4 members (excludes halogenated alkanes) is 3. The third kappa shape index (κ3) is 3.61. The van der Waals surface area contributed by atoms with Gasteiger partial charge in [-0.25, -0.2) is 0 Å². The van der Waals surface area contributed by atoms with Crippen molar-refractivity contribution in [1.82, 2.24) is 0 Å². The molecule has 0 amide bonds. The van der Waals surface area contributed by atoms with Crippen LogP contribution in [0.4, 0.5) is 0 Å². The lowest BCUT2D eigenvalue weighted by atomic mass is 9.87. The number of ether oxygens (including phenoxy) is 1. The van der Waals surface area contributed by atoms with Gasteiger partial charge in [0, 0.05) is 12.0 Å². The molecule has 0 aromatic carbocycles. The van der Waals surface area contributed by atoms with E-state index in [0.717, 1.165) is 19.3 Å². The van der Waals surface area contributed by atoms with Crippen LogP contribution in [0.5, 0.6) is 0 Å². The van der Waals surface area contributed by atoms with Crippen LogP contribution in [0, 0.1) is 0 Å². The lowest BCUT2D eigenvalue weighted by molar-refractivity contribution is -0.126. The van der Waals surface area contributed by atoms with Crippen LogP contribution in [0.15, 0.2) is 11.3 Å². The van der Waals surface area contributed by atoms with E-state index < -0.39 is 12.2 Å². The molecule has 0 fully saturated rings. The number of rotatable bonds is 6. The van der Waals surface area contributed by atoms with Gasteiger partial charge < -0.3 is 14.9 Å². The highest BCUT2D eigenvalue weighted by atomic mass is 16.5. The standard InChI is InChI=1S/C16H26O4/c1-2-3-4-5-6-12(17)15-9-7-11-14(20-15)10-8-13(18)16(11)19/h12-13,15,17-18H,2-10H2,1H3/t12-,13-,15-/m0/s1. The van der Waals surface area contributed by atoms with E-state index in [4.69, 9.17) is 4.74 Å². The van der Waals surface area contributed by atoms with Gasteiger partial charge in [-0.15, -0.1) is 0 Å². The van der Waals surface area contributed by atoms with Crippen molar-refractivity contribution in [1.29, 1.82) is 0 Å². The molecule has 1 heterocycles. The second-order valence-electron chi connectivity index (χ2n) is 5.93. The summed E-state index contributed by atoms with van der Waals surface area (Å²) in [5.41, 5.74) is 0.651. The van der Waals surface area contributed by atoms with E-state index in [1.807, 2.05) is 0 Å². The summed E-state index contributed by atoms with van der Waals surface area (Å²) in [6.45, 7) is 2.17. The van der Waals surface area contributed by atoms with Crippen LogP contribution in [0.1, 0.15) is 64.7 Å². The van der Waals surface area contributed by atoms with Crippen molar-refractivity contribution in [2.45, 2.75) is 83.0 Å². The molecule has 0 aromatic heterocycles. The zero-order chi connectivity index (χ0) is 14.5. The summed E-state index contributed by atoms with van der Waals surface area (Å²) in [5, 5.41) is 19.8. The van der Waals surface area contributed by atoms with Crippen molar-refractivity contribution in [2.24, 2.45) is 0 Å². The fourth-order valence-electron chi connectivity index (χ4n) is 3.05. The van der Waals surface area contributed by atoms with Crippen molar-refractivity contribution in [3.8, 4) is 0 Å². The summed E-state index contributed by atoms with van der Waals surface area (Å²) in [5.74, 6) is 0.534. The van der Waals surface area contributed by atoms with Crippen LogP contribution in [0.25, 0.3) is 0 Å². The maximum absolute atomic E-state index is 11.8. The minimum atomic E-state index is -0.854.